The summed E-state index contributed by atoms with van der Waals surface area (Å²) >= 11 is 1.45. The van der Waals surface area contributed by atoms with Crippen molar-refractivity contribution in [3.63, 3.8) is 0 Å². The van der Waals surface area contributed by atoms with Gasteiger partial charge in [0, 0.05) is 0 Å². The van der Waals surface area contributed by atoms with E-state index >= 15 is 0 Å². The van der Waals surface area contributed by atoms with Crippen LogP contribution in [0, 0.1) is 6.92 Å². The highest BCUT2D eigenvalue weighted by Crippen LogP contribution is 2.29. The summed E-state index contributed by atoms with van der Waals surface area (Å²) in [4.78, 5) is 37.0. The fourth-order valence-corrected chi connectivity index (χ4v) is 3.76. The average Bonchev–Trinajstić information content (AvgIpc) is 3.22. The molecule has 1 amide bonds. The first-order chi connectivity index (χ1) is 13.0. The van der Waals surface area contributed by atoms with Crippen molar-refractivity contribution in [2.75, 3.05) is 7.11 Å². The van der Waals surface area contributed by atoms with Gasteiger partial charge in [0.15, 0.2) is 17.2 Å². The van der Waals surface area contributed by atoms with Crippen LogP contribution in [0.1, 0.15) is 16.1 Å². The Morgan fingerprint density at radius 1 is 1.26 bits per heavy atom. The topological polar surface area (TPSA) is 116 Å². The number of aryl methyl sites for hydroxylation is 1. The molecule has 0 fully saturated rings. The van der Waals surface area contributed by atoms with Gasteiger partial charge in [-0.05, 0) is 36.1 Å². The van der Waals surface area contributed by atoms with Gasteiger partial charge in [0.1, 0.15) is 11.3 Å². The van der Waals surface area contributed by atoms with Crippen molar-refractivity contribution in [3.05, 3.63) is 57.5 Å². The summed E-state index contributed by atoms with van der Waals surface area (Å²) in [7, 11) is 1.52. The molecule has 0 saturated carbocycles. The molecule has 27 heavy (non-hydrogen) atoms. The Labute approximate surface area is 157 Å². The van der Waals surface area contributed by atoms with Crippen LogP contribution in [0.2, 0.25) is 0 Å². The van der Waals surface area contributed by atoms with Crippen molar-refractivity contribution in [1.82, 2.24) is 19.5 Å². The molecule has 0 radical (unpaired) electrons. The maximum atomic E-state index is 12.7. The molecule has 8 nitrogen and oxygen atoms in total. The van der Waals surface area contributed by atoms with Crippen molar-refractivity contribution in [1.29, 1.82) is 0 Å². The van der Waals surface area contributed by atoms with Gasteiger partial charge in [-0.2, -0.15) is 0 Å². The highest BCUT2D eigenvalue weighted by Gasteiger charge is 2.22. The third-order valence-corrected chi connectivity index (χ3v) is 5.17. The number of amides is 1. The number of imidazole rings is 1. The van der Waals surface area contributed by atoms with Crippen LogP contribution in [-0.2, 0) is 0 Å². The monoisotopic (exact) mass is 381 g/mol. The lowest BCUT2D eigenvalue weighted by Gasteiger charge is -2.09. The number of hydrogen-bond acceptors (Lipinski definition) is 6. The molecule has 3 N–H and O–H groups in total. The quantitative estimate of drug-likeness (QED) is 0.562. The minimum atomic E-state index is -0.744. The summed E-state index contributed by atoms with van der Waals surface area (Å²) in [5.41, 5.74) is 6.93. The molecule has 9 heteroatoms. The smallest absolute Gasteiger partial charge is 0.332 e. The van der Waals surface area contributed by atoms with Gasteiger partial charge in [0.2, 0.25) is 0 Å². The van der Waals surface area contributed by atoms with Crippen molar-refractivity contribution in [3.8, 4) is 22.1 Å². The summed E-state index contributed by atoms with van der Waals surface area (Å²) < 4.78 is 6.72. The number of fused-ring (bicyclic) bond motifs is 1. The van der Waals surface area contributed by atoms with E-state index in [1.54, 1.807) is 24.3 Å². The lowest BCUT2D eigenvalue weighted by molar-refractivity contribution is 0.0997. The molecule has 0 aliphatic carbocycles. The molecular formula is C18H15N5O3S. The first-order valence-electron chi connectivity index (χ1n) is 8.01. The van der Waals surface area contributed by atoms with E-state index in [1.807, 2.05) is 18.4 Å². The summed E-state index contributed by atoms with van der Waals surface area (Å²) in [6.07, 6.45) is 0. The number of aromatic nitrogens is 4. The van der Waals surface area contributed by atoms with Gasteiger partial charge in [-0.25, -0.2) is 19.3 Å². The number of primary amides is 1. The number of ether oxygens (including phenoxy) is 1. The van der Waals surface area contributed by atoms with Crippen LogP contribution >= 0.6 is 11.3 Å². The van der Waals surface area contributed by atoms with Crippen LogP contribution in [0.4, 0.5) is 0 Å². The van der Waals surface area contributed by atoms with Crippen molar-refractivity contribution < 1.29 is 9.53 Å². The Kier molecular flexibility index (Phi) is 4.00. The number of rotatable bonds is 4. The summed E-state index contributed by atoms with van der Waals surface area (Å²) in [6, 6.07) is 8.98. The zero-order chi connectivity index (χ0) is 19.1. The predicted molar refractivity (Wildman–Crippen MR) is 103 cm³/mol. The number of nitrogens with two attached hydrogens (primary N) is 1. The van der Waals surface area contributed by atoms with E-state index in [0.717, 1.165) is 10.4 Å². The SMILES string of the molecule is COc1ccccc1-n1c(=O)[nH]c2c(C(N)=O)nc(-c3sccc3C)nc21. The first kappa shape index (κ1) is 17.0. The van der Waals surface area contributed by atoms with Gasteiger partial charge in [-0.1, -0.05) is 12.1 Å². The van der Waals surface area contributed by atoms with E-state index in [0.29, 0.717) is 17.3 Å². The number of nitrogens with zero attached hydrogens (tertiary/aromatic N) is 3. The third kappa shape index (κ3) is 2.68. The van der Waals surface area contributed by atoms with Crippen LogP contribution in [-0.4, -0.2) is 32.5 Å². The molecule has 0 atom stereocenters. The molecule has 0 saturated heterocycles. The summed E-state index contributed by atoms with van der Waals surface area (Å²) in [5.74, 6) is 0.0892. The maximum Gasteiger partial charge on any atom is 0.332 e. The minimum Gasteiger partial charge on any atom is -0.495 e. The van der Waals surface area contributed by atoms with Gasteiger partial charge in [0.25, 0.3) is 5.91 Å². The Morgan fingerprint density at radius 2 is 2.04 bits per heavy atom. The molecule has 4 aromatic rings. The third-order valence-electron chi connectivity index (χ3n) is 4.16. The molecular weight excluding hydrogens is 366 g/mol. The number of para-hydroxylation sites is 2. The Morgan fingerprint density at radius 3 is 2.70 bits per heavy atom. The lowest BCUT2D eigenvalue weighted by atomic mass is 10.2. The molecule has 136 valence electrons. The zero-order valence-corrected chi connectivity index (χ0v) is 15.3. The van der Waals surface area contributed by atoms with Gasteiger partial charge in [0.05, 0.1) is 17.7 Å². The molecule has 0 aliphatic heterocycles. The van der Waals surface area contributed by atoms with Crippen LogP contribution < -0.4 is 16.2 Å². The number of carbonyl (C=O) groups is 1. The molecule has 4 rings (SSSR count). The second-order valence-electron chi connectivity index (χ2n) is 5.83. The average molecular weight is 381 g/mol. The van der Waals surface area contributed by atoms with E-state index in [1.165, 1.54) is 23.0 Å². The van der Waals surface area contributed by atoms with E-state index in [2.05, 4.69) is 15.0 Å². The fraction of sp³-hybridized carbons (Fsp3) is 0.111. The molecule has 3 aromatic heterocycles. The number of thiophene rings is 1. The second-order valence-corrected chi connectivity index (χ2v) is 6.74. The van der Waals surface area contributed by atoms with E-state index < -0.39 is 11.6 Å². The van der Waals surface area contributed by atoms with Gasteiger partial charge < -0.3 is 15.5 Å². The van der Waals surface area contributed by atoms with Crippen LogP contribution in [0.5, 0.6) is 5.75 Å². The summed E-state index contributed by atoms with van der Waals surface area (Å²) in [5, 5.41) is 1.91. The number of benzene rings is 1. The molecule has 0 bridgehead atoms. The van der Waals surface area contributed by atoms with Crippen LogP contribution in [0.15, 0.2) is 40.5 Å². The minimum absolute atomic E-state index is 0.0338. The largest absolute Gasteiger partial charge is 0.495 e. The Bertz CT molecular complexity index is 1240. The second kappa shape index (κ2) is 6.36. The predicted octanol–water partition coefficient (Wildman–Crippen LogP) is 2.25. The van der Waals surface area contributed by atoms with Gasteiger partial charge in [-0.15, -0.1) is 11.3 Å². The van der Waals surface area contributed by atoms with Crippen molar-refractivity contribution in [2.45, 2.75) is 6.92 Å². The number of H-pyrrole nitrogens is 1. The number of nitrogens with one attached hydrogen (secondary N) is 1. The number of hydrogen-bond donors (Lipinski definition) is 2. The molecule has 1 aromatic carbocycles. The van der Waals surface area contributed by atoms with E-state index in [4.69, 9.17) is 10.5 Å². The maximum absolute atomic E-state index is 12.7. The van der Waals surface area contributed by atoms with E-state index in [-0.39, 0.29) is 16.9 Å². The van der Waals surface area contributed by atoms with Crippen molar-refractivity contribution >= 4 is 28.4 Å². The highest BCUT2D eigenvalue weighted by molar-refractivity contribution is 7.13. The van der Waals surface area contributed by atoms with Crippen LogP contribution in [0.3, 0.4) is 0 Å². The zero-order valence-electron chi connectivity index (χ0n) is 14.5. The van der Waals surface area contributed by atoms with E-state index in [9.17, 15) is 9.59 Å². The van der Waals surface area contributed by atoms with Crippen molar-refractivity contribution in [2.24, 2.45) is 5.73 Å². The Hall–Kier alpha value is -3.46. The number of carbonyl (C=O) groups excluding carboxylic acids is 1. The number of methoxy groups -OCH3 is 1. The number of aromatic amines is 1. The summed E-state index contributed by atoms with van der Waals surface area (Å²) in [6.45, 7) is 1.92. The fourth-order valence-electron chi connectivity index (χ4n) is 2.90. The standard InChI is InChI=1S/C18H15N5O3S/c1-9-7-8-27-14(9)16-20-12(15(19)24)13-17(22-16)23(18(25)21-13)10-5-3-4-6-11(10)26-2/h3-8H,1-2H3,(H2,19,24)(H,21,25). The molecule has 3 heterocycles. The van der Waals surface area contributed by atoms with Gasteiger partial charge >= 0.3 is 5.69 Å². The van der Waals surface area contributed by atoms with Gasteiger partial charge in [-0.3, -0.25) is 4.79 Å². The Balaban J connectivity index is 2.11. The molecule has 0 spiro atoms. The lowest BCUT2D eigenvalue weighted by Crippen LogP contribution is -2.16. The molecule has 0 aliphatic rings. The first-order valence-corrected chi connectivity index (χ1v) is 8.89. The molecule has 0 unspecified atom stereocenters. The van der Waals surface area contributed by atoms with Crippen LogP contribution in [0.25, 0.3) is 27.6 Å². The normalized spacial score (nSPS) is 11.0. The highest BCUT2D eigenvalue weighted by atomic mass is 32.1.